The molecule has 1 heterocycles. The van der Waals surface area contributed by atoms with Crippen LogP contribution in [0.1, 0.15) is 13.3 Å². The van der Waals surface area contributed by atoms with Gasteiger partial charge in [0.25, 0.3) is 0 Å². The Balaban J connectivity index is 2.79. The van der Waals surface area contributed by atoms with Gasteiger partial charge in [-0.15, -0.1) is 11.3 Å². The van der Waals surface area contributed by atoms with Gasteiger partial charge in [-0.05, 0) is 28.9 Å². The van der Waals surface area contributed by atoms with Crippen molar-refractivity contribution in [3.05, 3.63) is 14.9 Å². The number of nitrogens with one attached hydrogen (secondary N) is 1. The number of carbonyl (C=O) groups is 1. The number of carboxylic acid groups (broad SMARTS) is 1. The van der Waals surface area contributed by atoms with Crippen LogP contribution in [-0.2, 0) is 14.8 Å². The van der Waals surface area contributed by atoms with Crippen LogP contribution in [-0.4, -0.2) is 36.7 Å². The van der Waals surface area contributed by atoms with Crippen LogP contribution in [0.5, 0.6) is 0 Å². The standard InChI is InChI=1S/C9H11BrClNO5S2/c1-9(15,3-6(13)14)4-12-19(16,17)7-2-5(11)8(10)18-7/h2,12,15H,3-4H2,1H3,(H,13,14). The summed E-state index contributed by atoms with van der Waals surface area (Å²) >= 11 is 9.76. The summed E-state index contributed by atoms with van der Waals surface area (Å²) in [5, 5.41) is 18.6. The van der Waals surface area contributed by atoms with Gasteiger partial charge < -0.3 is 10.2 Å². The van der Waals surface area contributed by atoms with Gasteiger partial charge in [-0.25, -0.2) is 13.1 Å². The average molecular weight is 393 g/mol. The minimum Gasteiger partial charge on any atom is -0.481 e. The number of aliphatic carboxylic acids is 1. The van der Waals surface area contributed by atoms with Crippen LogP contribution in [0.15, 0.2) is 14.1 Å². The van der Waals surface area contributed by atoms with Crippen molar-refractivity contribution in [1.82, 2.24) is 4.72 Å². The number of thiophene rings is 1. The van der Waals surface area contributed by atoms with Gasteiger partial charge in [0.1, 0.15) is 4.21 Å². The van der Waals surface area contributed by atoms with Crippen LogP contribution in [0.3, 0.4) is 0 Å². The van der Waals surface area contributed by atoms with E-state index in [4.69, 9.17) is 16.7 Å². The zero-order valence-corrected chi connectivity index (χ0v) is 13.7. The summed E-state index contributed by atoms with van der Waals surface area (Å²) < 4.78 is 26.4. The van der Waals surface area contributed by atoms with Crippen molar-refractivity contribution in [3.8, 4) is 0 Å². The number of rotatable bonds is 6. The Bertz CT molecular complexity index is 564. The molecule has 1 unspecified atom stereocenters. The van der Waals surface area contributed by atoms with E-state index in [1.807, 2.05) is 0 Å². The van der Waals surface area contributed by atoms with Crippen molar-refractivity contribution >= 4 is 54.9 Å². The van der Waals surface area contributed by atoms with Gasteiger partial charge >= 0.3 is 5.97 Å². The molecule has 0 aromatic carbocycles. The lowest BCUT2D eigenvalue weighted by molar-refractivity contribution is -0.141. The van der Waals surface area contributed by atoms with E-state index in [0.29, 0.717) is 3.79 Å². The van der Waals surface area contributed by atoms with Crippen molar-refractivity contribution in [2.75, 3.05) is 6.54 Å². The lowest BCUT2D eigenvalue weighted by Crippen LogP contribution is -2.41. The Morgan fingerprint density at radius 3 is 2.63 bits per heavy atom. The molecule has 0 aliphatic rings. The molecule has 6 nitrogen and oxygen atoms in total. The molecule has 0 radical (unpaired) electrons. The molecule has 0 spiro atoms. The zero-order chi connectivity index (χ0) is 14.8. The van der Waals surface area contributed by atoms with Crippen LogP contribution < -0.4 is 4.72 Å². The summed E-state index contributed by atoms with van der Waals surface area (Å²) in [6.45, 7) is 0.829. The van der Waals surface area contributed by atoms with Gasteiger partial charge in [0, 0.05) is 6.54 Å². The Hall–Kier alpha value is -0.190. The molecule has 10 heteroatoms. The largest absolute Gasteiger partial charge is 0.481 e. The van der Waals surface area contributed by atoms with Gasteiger partial charge in [-0.3, -0.25) is 4.79 Å². The van der Waals surface area contributed by atoms with Crippen molar-refractivity contribution in [2.45, 2.75) is 23.2 Å². The SMILES string of the molecule is CC(O)(CNS(=O)(=O)c1cc(Cl)c(Br)s1)CC(=O)O. The molecule has 1 aromatic heterocycles. The van der Waals surface area contributed by atoms with E-state index >= 15 is 0 Å². The van der Waals surface area contributed by atoms with Gasteiger partial charge in [0.2, 0.25) is 10.0 Å². The molecule has 1 atom stereocenters. The van der Waals surface area contributed by atoms with E-state index in [9.17, 15) is 18.3 Å². The van der Waals surface area contributed by atoms with E-state index in [1.54, 1.807) is 0 Å². The van der Waals surface area contributed by atoms with E-state index in [1.165, 1.54) is 13.0 Å². The Morgan fingerprint density at radius 2 is 2.21 bits per heavy atom. The predicted octanol–water partition coefficient (Wildman–Crippen LogP) is 1.67. The lowest BCUT2D eigenvalue weighted by atomic mass is 10.0. The third-order valence-electron chi connectivity index (χ3n) is 2.06. The molecule has 19 heavy (non-hydrogen) atoms. The molecular weight excluding hydrogens is 382 g/mol. The van der Waals surface area contributed by atoms with Gasteiger partial charge in [0.05, 0.1) is 20.8 Å². The fraction of sp³-hybridized carbons (Fsp3) is 0.444. The number of aliphatic hydroxyl groups is 1. The second-order valence-electron chi connectivity index (χ2n) is 4.08. The topological polar surface area (TPSA) is 104 Å². The Morgan fingerprint density at radius 1 is 1.63 bits per heavy atom. The fourth-order valence-electron chi connectivity index (χ4n) is 1.17. The van der Waals surface area contributed by atoms with E-state index in [0.717, 1.165) is 11.3 Å². The maximum atomic E-state index is 11.9. The van der Waals surface area contributed by atoms with Crippen molar-refractivity contribution < 1.29 is 23.4 Å². The van der Waals surface area contributed by atoms with Crippen LogP contribution in [0.2, 0.25) is 5.02 Å². The Labute approximate surface area is 127 Å². The summed E-state index contributed by atoms with van der Waals surface area (Å²) in [6, 6.07) is 1.27. The Kier molecular flexibility index (Phi) is 5.38. The van der Waals surface area contributed by atoms with Gasteiger partial charge in [-0.1, -0.05) is 11.6 Å². The number of hydrogen-bond donors (Lipinski definition) is 3. The monoisotopic (exact) mass is 391 g/mol. The van der Waals surface area contributed by atoms with E-state index in [2.05, 4.69) is 20.7 Å². The zero-order valence-electron chi connectivity index (χ0n) is 9.68. The molecular formula is C9H11BrClNO5S2. The molecule has 0 saturated heterocycles. The number of halogens is 2. The first kappa shape index (κ1) is 16.9. The highest BCUT2D eigenvalue weighted by Gasteiger charge is 2.28. The van der Waals surface area contributed by atoms with Crippen molar-refractivity contribution in [1.29, 1.82) is 0 Å². The highest BCUT2D eigenvalue weighted by molar-refractivity contribution is 9.11. The third kappa shape index (κ3) is 5.01. The minimum atomic E-state index is -3.83. The summed E-state index contributed by atoms with van der Waals surface area (Å²) in [4.78, 5) is 10.5. The minimum absolute atomic E-state index is 0.0181. The third-order valence-corrected chi connectivity index (χ3v) is 6.41. The van der Waals surface area contributed by atoms with E-state index < -0.39 is 34.6 Å². The molecule has 108 valence electrons. The normalized spacial score (nSPS) is 15.2. The lowest BCUT2D eigenvalue weighted by Gasteiger charge is -2.21. The van der Waals surface area contributed by atoms with Crippen LogP contribution in [0, 0.1) is 0 Å². The number of carboxylic acids is 1. The maximum absolute atomic E-state index is 11.9. The predicted molar refractivity (Wildman–Crippen MR) is 75.1 cm³/mol. The molecule has 0 saturated carbocycles. The number of sulfonamides is 1. The highest BCUT2D eigenvalue weighted by Crippen LogP contribution is 2.34. The summed E-state index contributed by atoms with van der Waals surface area (Å²) in [5.74, 6) is -1.22. The number of hydrogen-bond acceptors (Lipinski definition) is 5. The van der Waals surface area contributed by atoms with Crippen LogP contribution in [0.4, 0.5) is 0 Å². The molecule has 1 rings (SSSR count). The van der Waals surface area contributed by atoms with Crippen LogP contribution >= 0.6 is 38.9 Å². The van der Waals surface area contributed by atoms with Crippen molar-refractivity contribution in [3.63, 3.8) is 0 Å². The first-order valence-corrected chi connectivity index (χ1v) is 8.39. The van der Waals surface area contributed by atoms with Gasteiger partial charge in [0.15, 0.2) is 0 Å². The van der Waals surface area contributed by atoms with E-state index in [-0.39, 0.29) is 9.23 Å². The molecule has 0 fully saturated rings. The smallest absolute Gasteiger partial charge is 0.306 e. The molecule has 0 aliphatic carbocycles. The summed E-state index contributed by atoms with van der Waals surface area (Å²) in [5.41, 5.74) is -1.67. The molecule has 0 amide bonds. The quantitative estimate of drug-likeness (QED) is 0.683. The summed E-state index contributed by atoms with van der Waals surface area (Å²) in [6.07, 6.45) is -0.565. The first-order chi connectivity index (χ1) is 8.53. The fourth-order valence-corrected chi connectivity index (χ4v) is 4.77. The molecule has 0 bridgehead atoms. The van der Waals surface area contributed by atoms with Gasteiger partial charge in [-0.2, -0.15) is 0 Å². The molecule has 0 aliphatic heterocycles. The molecule has 1 aromatic rings. The molecule has 3 N–H and O–H groups in total. The second kappa shape index (κ2) is 6.06. The maximum Gasteiger partial charge on any atom is 0.306 e. The highest BCUT2D eigenvalue weighted by atomic mass is 79.9. The average Bonchev–Trinajstić information content (AvgIpc) is 2.56. The first-order valence-electron chi connectivity index (χ1n) is 4.92. The van der Waals surface area contributed by atoms with Crippen molar-refractivity contribution in [2.24, 2.45) is 0 Å². The second-order valence-corrected chi connectivity index (χ2v) is 8.85. The van der Waals surface area contributed by atoms with Crippen LogP contribution in [0.25, 0.3) is 0 Å². The summed E-state index contributed by atoms with van der Waals surface area (Å²) in [7, 11) is -3.83.